The van der Waals surface area contributed by atoms with Gasteiger partial charge in [-0.3, -0.25) is 19.3 Å². The molecular weight excluding hydrogens is 347 g/mol. The first-order valence-electron chi connectivity index (χ1n) is 8.85. The number of nitrogens with zero attached hydrogens (tertiary/aromatic N) is 1. The molecule has 2 aromatic rings. The van der Waals surface area contributed by atoms with Crippen LogP contribution in [0.4, 0.5) is 4.39 Å². The number of aryl methyl sites for hydroxylation is 2. The lowest BCUT2D eigenvalue weighted by atomic mass is 10.1. The predicted molar refractivity (Wildman–Crippen MR) is 98.8 cm³/mol. The summed E-state index contributed by atoms with van der Waals surface area (Å²) in [6.45, 7) is 3.98. The van der Waals surface area contributed by atoms with E-state index in [0.717, 1.165) is 5.56 Å². The smallest absolute Gasteiger partial charge is 0.261 e. The van der Waals surface area contributed by atoms with Gasteiger partial charge in [-0.05, 0) is 49.6 Å². The Kier molecular flexibility index (Phi) is 5.35. The molecule has 0 fully saturated rings. The molecule has 3 amide bonds. The summed E-state index contributed by atoms with van der Waals surface area (Å²) >= 11 is 0. The van der Waals surface area contributed by atoms with Crippen LogP contribution in [0.15, 0.2) is 36.4 Å². The zero-order valence-electron chi connectivity index (χ0n) is 15.3. The topological polar surface area (TPSA) is 66.5 Å². The van der Waals surface area contributed by atoms with Crippen molar-refractivity contribution in [2.24, 2.45) is 0 Å². The molecule has 27 heavy (non-hydrogen) atoms. The summed E-state index contributed by atoms with van der Waals surface area (Å²) in [7, 11) is 0. The van der Waals surface area contributed by atoms with Crippen molar-refractivity contribution in [3.8, 4) is 0 Å². The SMILES string of the molecule is Cc1ccc2c(c1)C(=O)N(CCCC(=O)NCc1ccc(C)c(F)c1)C2=O. The van der Waals surface area contributed by atoms with E-state index < -0.39 is 0 Å². The van der Waals surface area contributed by atoms with Gasteiger partial charge in [-0.2, -0.15) is 0 Å². The first-order valence-corrected chi connectivity index (χ1v) is 8.85. The highest BCUT2D eigenvalue weighted by Gasteiger charge is 2.34. The minimum absolute atomic E-state index is 0.181. The van der Waals surface area contributed by atoms with Crippen LogP contribution in [0.3, 0.4) is 0 Å². The Bertz CT molecular complexity index is 924. The van der Waals surface area contributed by atoms with Crippen LogP contribution in [0.2, 0.25) is 0 Å². The number of halogens is 1. The first kappa shape index (κ1) is 18.8. The molecule has 1 heterocycles. The third-order valence-electron chi connectivity index (χ3n) is 4.64. The number of carbonyl (C=O) groups excluding carboxylic acids is 3. The van der Waals surface area contributed by atoms with Gasteiger partial charge in [0.15, 0.2) is 0 Å². The third-order valence-corrected chi connectivity index (χ3v) is 4.64. The number of nitrogens with one attached hydrogen (secondary N) is 1. The molecule has 0 aliphatic carbocycles. The summed E-state index contributed by atoms with van der Waals surface area (Å²) in [6, 6.07) is 10.0. The van der Waals surface area contributed by atoms with Crippen LogP contribution in [0, 0.1) is 19.7 Å². The average Bonchev–Trinajstić information content (AvgIpc) is 2.87. The van der Waals surface area contributed by atoms with Crippen LogP contribution in [-0.4, -0.2) is 29.2 Å². The van der Waals surface area contributed by atoms with Crippen molar-refractivity contribution < 1.29 is 18.8 Å². The van der Waals surface area contributed by atoms with E-state index in [1.165, 1.54) is 11.0 Å². The molecule has 0 saturated carbocycles. The Hall–Kier alpha value is -3.02. The highest BCUT2D eigenvalue weighted by molar-refractivity contribution is 6.21. The molecule has 6 heteroatoms. The minimum Gasteiger partial charge on any atom is -0.352 e. The van der Waals surface area contributed by atoms with E-state index in [1.54, 1.807) is 37.3 Å². The van der Waals surface area contributed by atoms with Gasteiger partial charge in [0.25, 0.3) is 11.8 Å². The second-order valence-electron chi connectivity index (χ2n) is 6.77. The van der Waals surface area contributed by atoms with Crippen molar-refractivity contribution in [3.63, 3.8) is 0 Å². The highest BCUT2D eigenvalue weighted by atomic mass is 19.1. The molecule has 1 aliphatic rings. The predicted octanol–water partition coefficient (Wildman–Crippen LogP) is 3.14. The molecule has 0 atom stereocenters. The molecule has 0 bridgehead atoms. The van der Waals surface area contributed by atoms with Crippen molar-refractivity contribution in [2.45, 2.75) is 33.2 Å². The number of carbonyl (C=O) groups is 3. The molecule has 1 aliphatic heterocycles. The van der Waals surface area contributed by atoms with Gasteiger partial charge < -0.3 is 5.32 Å². The fourth-order valence-corrected chi connectivity index (χ4v) is 3.04. The summed E-state index contributed by atoms with van der Waals surface area (Å²) in [6.07, 6.45) is 0.555. The Balaban J connectivity index is 1.48. The largest absolute Gasteiger partial charge is 0.352 e. The number of benzene rings is 2. The monoisotopic (exact) mass is 368 g/mol. The van der Waals surface area contributed by atoms with E-state index in [-0.39, 0.29) is 43.0 Å². The number of hydrogen-bond acceptors (Lipinski definition) is 3. The summed E-state index contributed by atoms with van der Waals surface area (Å²) in [5.74, 6) is -1.13. The van der Waals surface area contributed by atoms with Gasteiger partial charge in [0.2, 0.25) is 5.91 Å². The zero-order valence-corrected chi connectivity index (χ0v) is 15.3. The summed E-state index contributed by atoms with van der Waals surface area (Å²) < 4.78 is 13.5. The Labute approximate surface area is 157 Å². The number of imide groups is 1. The lowest BCUT2D eigenvalue weighted by Gasteiger charge is -2.13. The summed E-state index contributed by atoms with van der Waals surface area (Å²) in [5.41, 5.74) is 2.99. The maximum absolute atomic E-state index is 13.5. The van der Waals surface area contributed by atoms with Crippen LogP contribution in [0.1, 0.15) is 50.2 Å². The lowest BCUT2D eigenvalue weighted by molar-refractivity contribution is -0.121. The van der Waals surface area contributed by atoms with E-state index in [1.807, 2.05) is 6.92 Å². The summed E-state index contributed by atoms with van der Waals surface area (Å²) in [5, 5.41) is 2.72. The molecule has 1 N–H and O–H groups in total. The molecule has 2 aromatic carbocycles. The maximum atomic E-state index is 13.5. The van der Waals surface area contributed by atoms with E-state index in [2.05, 4.69) is 5.32 Å². The van der Waals surface area contributed by atoms with Crippen molar-refractivity contribution >= 4 is 17.7 Å². The number of amides is 3. The third kappa shape index (κ3) is 4.05. The van der Waals surface area contributed by atoms with Gasteiger partial charge in [0, 0.05) is 19.5 Å². The van der Waals surface area contributed by atoms with E-state index in [4.69, 9.17) is 0 Å². The van der Waals surface area contributed by atoms with Crippen LogP contribution >= 0.6 is 0 Å². The van der Waals surface area contributed by atoms with Crippen molar-refractivity contribution in [1.29, 1.82) is 0 Å². The molecule has 0 radical (unpaired) electrons. The van der Waals surface area contributed by atoms with Gasteiger partial charge in [0.1, 0.15) is 5.82 Å². The highest BCUT2D eigenvalue weighted by Crippen LogP contribution is 2.24. The van der Waals surface area contributed by atoms with Gasteiger partial charge in [-0.15, -0.1) is 0 Å². The fraction of sp³-hybridized carbons (Fsp3) is 0.286. The minimum atomic E-state index is -0.314. The fourth-order valence-electron chi connectivity index (χ4n) is 3.04. The van der Waals surface area contributed by atoms with Crippen molar-refractivity contribution in [1.82, 2.24) is 10.2 Å². The molecule has 0 spiro atoms. The Morgan fingerprint density at radius 2 is 1.78 bits per heavy atom. The van der Waals surface area contributed by atoms with Gasteiger partial charge >= 0.3 is 0 Å². The first-order chi connectivity index (χ1) is 12.9. The van der Waals surface area contributed by atoms with Gasteiger partial charge in [-0.25, -0.2) is 4.39 Å². The van der Waals surface area contributed by atoms with Gasteiger partial charge in [-0.1, -0.05) is 23.8 Å². The van der Waals surface area contributed by atoms with Gasteiger partial charge in [0.05, 0.1) is 11.1 Å². The number of rotatable bonds is 6. The lowest BCUT2D eigenvalue weighted by Crippen LogP contribution is -2.32. The van der Waals surface area contributed by atoms with E-state index in [9.17, 15) is 18.8 Å². The Morgan fingerprint density at radius 1 is 1.04 bits per heavy atom. The van der Waals surface area contributed by atoms with Crippen LogP contribution in [0.5, 0.6) is 0 Å². The average molecular weight is 368 g/mol. The molecule has 3 rings (SSSR count). The van der Waals surface area contributed by atoms with E-state index >= 15 is 0 Å². The molecule has 0 saturated heterocycles. The normalized spacial score (nSPS) is 13.1. The molecule has 0 unspecified atom stereocenters. The number of hydrogen-bond donors (Lipinski definition) is 1. The molecule has 140 valence electrons. The van der Waals surface area contributed by atoms with E-state index in [0.29, 0.717) is 28.7 Å². The Morgan fingerprint density at radius 3 is 2.52 bits per heavy atom. The van der Waals surface area contributed by atoms with Crippen molar-refractivity contribution in [3.05, 3.63) is 70.0 Å². The standard InChI is InChI=1S/C21H21FN2O3/c1-13-5-8-16-17(10-13)21(27)24(20(16)26)9-3-4-19(25)23-12-15-7-6-14(2)18(22)11-15/h5-8,10-11H,3-4,9,12H2,1-2H3,(H,23,25). The second-order valence-corrected chi connectivity index (χ2v) is 6.77. The molecule has 5 nitrogen and oxygen atoms in total. The van der Waals surface area contributed by atoms with Crippen LogP contribution < -0.4 is 5.32 Å². The molecular formula is C21H21FN2O3. The van der Waals surface area contributed by atoms with Crippen LogP contribution in [-0.2, 0) is 11.3 Å². The quantitative estimate of drug-likeness (QED) is 0.797. The molecule has 0 aromatic heterocycles. The zero-order chi connectivity index (χ0) is 19.6. The second kappa shape index (κ2) is 7.70. The summed E-state index contributed by atoms with van der Waals surface area (Å²) in [4.78, 5) is 37.9. The van der Waals surface area contributed by atoms with Crippen LogP contribution in [0.25, 0.3) is 0 Å². The number of fused-ring (bicyclic) bond motifs is 1. The van der Waals surface area contributed by atoms with Crippen molar-refractivity contribution in [2.75, 3.05) is 6.54 Å². The maximum Gasteiger partial charge on any atom is 0.261 e.